The first-order chi connectivity index (χ1) is 16.4. The highest BCUT2D eigenvalue weighted by atomic mass is 16.5. The summed E-state index contributed by atoms with van der Waals surface area (Å²) in [6.45, 7) is 6.69. The summed E-state index contributed by atoms with van der Waals surface area (Å²) in [6, 6.07) is 11.4. The van der Waals surface area contributed by atoms with Crippen molar-refractivity contribution >= 4 is 17.4 Å². The average Bonchev–Trinajstić information content (AvgIpc) is 3.13. The van der Waals surface area contributed by atoms with Gasteiger partial charge in [0.1, 0.15) is 28.6 Å². The molecule has 0 aliphatic carbocycles. The molecule has 1 fully saturated rings. The number of amides is 1. The maximum absolute atomic E-state index is 13.3. The summed E-state index contributed by atoms with van der Waals surface area (Å²) in [4.78, 5) is 30.2. The van der Waals surface area contributed by atoms with Gasteiger partial charge in [0, 0.05) is 13.1 Å². The van der Waals surface area contributed by atoms with Gasteiger partial charge in [-0.3, -0.25) is 9.59 Å². The number of carbonyl (C=O) groups is 2. The van der Waals surface area contributed by atoms with Gasteiger partial charge < -0.3 is 29.1 Å². The van der Waals surface area contributed by atoms with Gasteiger partial charge in [0.05, 0.1) is 32.9 Å². The lowest BCUT2D eigenvalue weighted by Gasteiger charge is -2.28. The molecular formula is C26H32N2O6. The van der Waals surface area contributed by atoms with Crippen LogP contribution in [0.1, 0.15) is 31.0 Å². The third kappa shape index (κ3) is 4.72. The smallest absolute Gasteiger partial charge is 0.295 e. The number of Topliss-reactive ketones (excluding diaryl/α,β-unsaturated/α-hetero) is 1. The summed E-state index contributed by atoms with van der Waals surface area (Å²) in [7, 11) is 4.50. The first-order valence-electron chi connectivity index (χ1n) is 11.3. The summed E-state index contributed by atoms with van der Waals surface area (Å²) in [6.07, 6.45) is 0. The number of methoxy groups -OCH3 is 3. The number of likely N-dealkylation sites (tertiary alicyclic amines) is 1. The highest BCUT2D eigenvalue weighted by molar-refractivity contribution is 6.46. The Morgan fingerprint density at radius 2 is 1.53 bits per heavy atom. The number of hydrogen-bond acceptors (Lipinski definition) is 7. The van der Waals surface area contributed by atoms with Crippen LogP contribution in [-0.2, 0) is 9.59 Å². The van der Waals surface area contributed by atoms with Crippen molar-refractivity contribution in [2.24, 2.45) is 0 Å². The van der Waals surface area contributed by atoms with E-state index >= 15 is 0 Å². The summed E-state index contributed by atoms with van der Waals surface area (Å²) in [5.41, 5.74) is 0.917. The SMILES string of the molecule is CCN(CC)CCN1C(=O)C(=O)/C(=C(/O)c2c(OC)cccc2OC)C1c1ccc(OC)cc1. The number of carbonyl (C=O) groups excluding carboxylic acids is 2. The van der Waals surface area contributed by atoms with E-state index in [-0.39, 0.29) is 16.9 Å². The molecule has 1 aliphatic heterocycles. The van der Waals surface area contributed by atoms with Crippen molar-refractivity contribution in [3.8, 4) is 17.2 Å². The van der Waals surface area contributed by atoms with Gasteiger partial charge in [-0.1, -0.05) is 32.0 Å². The summed E-state index contributed by atoms with van der Waals surface area (Å²) in [5, 5.41) is 11.4. The van der Waals surface area contributed by atoms with Crippen LogP contribution in [0.2, 0.25) is 0 Å². The molecule has 3 rings (SSSR count). The minimum Gasteiger partial charge on any atom is -0.506 e. The van der Waals surface area contributed by atoms with Crippen LogP contribution in [0.4, 0.5) is 0 Å². The maximum atomic E-state index is 13.3. The van der Waals surface area contributed by atoms with Crippen molar-refractivity contribution < 1.29 is 28.9 Å². The fourth-order valence-electron chi connectivity index (χ4n) is 4.25. The Labute approximate surface area is 200 Å². The molecular weight excluding hydrogens is 436 g/mol. The van der Waals surface area contributed by atoms with Gasteiger partial charge in [0.2, 0.25) is 0 Å². The second kappa shape index (κ2) is 11.1. The molecule has 2 aromatic rings. The second-order valence-electron chi connectivity index (χ2n) is 7.83. The van der Waals surface area contributed by atoms with E-state index < -0.39 is 17.7 Å². The average molecular weight is 469 g/mol. The molecule has 1 amide bonds. The lowest BCUT2D eigenvalue weighted by molar-refractivity contribution is -0.140. The number of aliphatic hydroxyl groups excluding tert-OH is 1. The molecule has 2 aromatic carbocycles. The van der Waals surface area contributed by atoms with Gasteiger partial charge in [-0.15, -0.1) is 0 Å². The Kier molecular flexibility index (Phi) is 8.17. The van der Waals surface area contributed by atoms with Crippen LogP contribution in [0.3, 0.4) is 0 Å². The van der Waals surface area contributed by atoms with Crippen molar-refractivity contribution in [3.05, 3.63) is 59.2 Å². The number of aliphatic hydroxyl groups is 1. The van der Waals surface area contributed by atoms with E-state index in [0.717, 1.165) is 13.1 Å². The third-order valence-corrected chi connectivity index (χ3v) is 6.19. The van der Waals surface area contributed by atoms with E-state index in [1.165, 1.54) is 19.1 Å². The number of hydrogen-bond donors (Lipinski definition) is 1. The Hall–Kier alpha value is -3.52. The largest absolute Gasteiger partial charge is 0.506 e. The number of nitrogens with zero attached hydrogens (tertiary/aromatic N) is 2. The third-order valence-electron chi connectivity index (χ3n) is 6.19. The number of ether oxygens (including phenoxy) is 3. The van der Waals surface area contributed by atoms with Crippen LogP contribution in [-0.4, -0.2) is 74.1 Å². The quantitative estimate of drug-likeness (QED) is 0.324. The van der Waals surface area contributed by atoms with Crippen LogP contribution in [0, 0.1) is 0 Å². The summed E-state index contributed by atoms with van der Waals surface area (Å²) in [5.74, 6) is -0.414. The standard InChI is InChI=1S/C26H32N2O6/c1-6-27(7-2)15-16-28-23(17-11-13-18(32-3)14-12-17)22(25(30)26(28)31)24(29)21-19(33-4)9-8-10-20(21)34-5/h8-14,23,29H,6-7,15-16H2,1-5H3/b24-22+. The van der Waals surface area contributed by atoms with Crippen LogP contribution in [0.5, 0.6) is 17.2 Å². The van der Waals surface area contributed by atoms with Gasteiger partial charge in [-0.25, -0.2) is 0 Å². The molecule has 34 heavy (non-hydrogen) atoms. The highest BCUT2D eigenvalue weighted by Crippen LogP contribution is 2.43. The van der Waals surface area contributed by atoms with Gasteiger partial charge in [-0.2, -0.15) is 0 Å². The van der Waals surface area contributed by atoms with E-state index in [9.17, 15) is 14.7 Å². The molecule has 0 saturated carbocycles. The molecule has 0 spiro atoms. The van der Waals surface area contributed by atoms with Gasteiger partial charge in [0.15, 0.2) is 0 Å². The van der Waals surface area contributed by atoms with Crippen LogP contribution < -0.4 is 14.2 Å². The molecule has 0 bridgehead atoms. The first-order valence-corrected chi connectivity index (χ1v) is 11.3. The molecule has 0 radical (unpaired) electrons. The zero-order chi connectivity index (χ0) is 24.8. The fraction of sp³-hybridized carbons (Fsp3) is 0.385. The van der Waals surface area contributed by atoms with Crippen molar-refractivity contribution in [2.45, 2.75) is 19.9 Å². The van der Waals surface area contributed by atoms with Crippen LogP contribution >= 0.6 is 0 Å². The number of ketones is 1. The van der Waals surface area contributed by atoms with E-state index in [2.05, 4.69) is 4.90 Å². The molecule has 8 nitrogen and oxygen atoms in total. The van der Waals surface area contributed by atoms with Gasteiger partial charge >= 0.3 is 0 Å². The topological polar surface area (TPSA) is 88.5 Å². The molecule has 1 N–H and O–H groups in total. The first kappa shape index (κ1) is 25.1. The molecule has 1 aliphatic rings. The second-order valence-corrected chi connectivity index (χ2v) is 7.83. The Morgan fingerprint density at radius 3 is 2.03 bits per heavy atom. The van der Waals surface area contributed by atoms with E-state index in [0.29, 0.717) is 35.9 Å². The number of likely N-dealkylation sites (N-methyl/N-ethyl adjacent to an activating group) is 1. The van der Waals surface area contributed by atoms with Crippen molar-refractivity contribution in [2.75, 3.05) is 47.5 Å². The minimum atomic E-state index is -0.768. The molecule has 1 atom stereocenters. The monoisotopic (exact) mass is 468 g/mol. The van der Waals surface area contributed by atoms with Crippen LogP contribution in [0.15, 0.2) is 48.0 Å². The molecule has 1 unspecified atom stereocenters. The Balaban J connectivity index is 2.19. The zero-order valence-corrected chi connectivity index (χ0v) is 20.3. The number of rotatable bonds is 10. The van der Waals surface area contributed by atoms with E-state index in [1.54, 1.807) is 49.6 Å². The number of benzene rings is 2. The minimum absolute atomic E-state index is 0.00230. The lowest BCUT2D eigenvalue weighted by Crippen LogP contribution is -2.38. The molecule has 1 heterocycles. The summed E-state index contributed by atoms with van der Waals surface area (Å²) >= 11 is 0. The molecule has 8 heteroatoms. The Bertz CT molecular complexity index is 1040. The van der Waals surface area contributed by atoms with Crippen molar-refractivity contribution in [1.82, 2.24) is 9.80 Å². The van der Waals surface area contributed by atoms with E-state index in [4.69, 9.17) is 14.2 Å². The van der Waals surface area contributed by atoms with E-state index in [1.807, 2.05) is 13.8 Å². The van der Waals surface area contributed by atoms with Crippen molar-refractivity contribution in [1.29, 1.82) is 0 Å². The molecule has 182 valence electrons. The van der Waals surface area contributed by atoms with Crippen molar-refractivity contribution in [3.63, 3.8) is 0 Å². The maximum Gasteiger partial charge on any atom is 0.295 e. The summed E-state index contributed by atoms with van der Waals surface area (Å²) < 4.78 is 16.1. The predicted octanol–water partition coefficient (Wildman–Crippen LogP) is 3.48. The fourth-order valence-corrected chi connectivity index (χ4v) is 4.25. The molecule has 0 aromatic heterocycles. The normalized spacial score (nSPS) is 17.4. The van der Waals surface area contributed by atoms with Gasteiger partial charge in [-0.05, 0) is 42.9 Å². The van der Waals surface area contributed by atoms with Gasteiger partial charge in [0.25, 0.3) is 11.7 Å². The Morgan fingerprint density at radius 1 is 0.941 bits per heavy atom. The lowest BCUT2D eigenvalue weighted by atomic mass is 9.94. The zero-order valence-electron chi connectivity index (χ0n) is 20.3. The highest BCUT2D eigenvalue weighted by Gasteiger charge is 2.46. The van der Waals surface area contributed by atoms with Crippen LogP contribution in [0.25, 0.3) is 5.76 Å². The molecule has 1 saturated heterocycles. The predicted molar refractivity (Wildman–Crippen MR) is 129 cm³/mol.